The number of amides is 2. The maximum atomic E-state index is 13.4. The Morgan fingerprint density at radius 2 is 1.87 bits per heavy atom. The number of carbonyl (C=O) groups excluding carboxylic acids is 1. The van der Waals surface area contributed by atoms with Crippen molar-refractivity contribution in [1.82, 2.24) is 15.6 Å². The predicted molar refractivity (Wildman–Crippen MR) is 84.0 cm³/mol. The van der Waals surface area contributed by atoms with E-state index in [-0.39, 0.29) is 18.7 Å². The Kier molecular flexibility index (Phi) is 5.46. The van der Waals surface area contributed by atoms with Crippen LogP contribution in [0.4, 0.5) is 19.4 Å². The van der Waals surface area contributed by atoms with E-state index in [4.69, 9.17) is 0 Å². The zero-order valence-corrected chi connectivity index (χ0v) is 12.9. The minimum Gasteiger partial charge on any atom is -0.363 e. The van der Waals surface area contributed by atoms with Crippen molar-refractivity contribution in [1.29, 1.82) is 0 Å². The monoisotopic (exact) mass is 320 g/mol. The summed E-state index contributed by atoms with van der Waals surface area (Å²) >= 11 is 0. The average Bonchev–Trinajstić information content (AvgIpc) is 2.54. The lowest BCUT2D eigenvalue weighted by Crippen LogP contribution is -2.34. The van der Waals surface area contributed by atoms with Gasteiger partial charge in [-0.2, -0.15) is 0 Å². The van der Waals surface area contributed by atoms with Gasteiger partial charge in [-0.15, -0.1) is 0 Å². The lowest BCUT2D eigenvalue weighted by atomic mass is 10.2. The summed E-state index contributed by atoms with van der Waals surface area (Å²) in [5.74, 6) is -0.286. The zero-order valence-electron chi connectivity index (χ0n) is 12.9. The molecule has 0 saturated carbocycles. The highest BCUT2D eigenvalue weighted by Gasteiger charge is 2.06. The fourth-order valence-corrected chi connectivity index (χ4v) is 1.88. The Hall–Kier alpha value is -2.70. The van der Waals surface area contributed by atoms with Crippen molar-refractivity contribution in [3.05, 3.63) is 59.3 Å². The molecule has 2 N–H and O–H groups in total. The highest BCUT2D eigenvalue weighted by molar-refractivity contribution is 5.73. The van der Waals surface area contributed by atoms with Gasteiger partial charge in [-0.05, 0) is 29.8 Å². The standard InChI is InChI=1S/C16H18F2N4O/c1-22(2)15-6-3-11(8-19-15)9-20-16(23)21-10-12-7-13(17)4-5-14(12)18/h3-8H,9-10H2,1-2H3,(H2,20,21,23). The Bertz CT molecular complexity index is 674. The largest absolute Gasteiger partial charge is 0.363 e. The number of nitrogens with one attached hydrogen (secondary N) is 2. The van der Waals surface area contributed by atoms with Crippen molar-refractivity contribution in [3.8, 4) is 0 Å². The molecule has 1 heterocycles. The van der Waals surface area contributed by atoms with Crippen LogP contribution in [0.2, 0.25) is 0 Å². The van der Waals surface area contributed by atoms with Crippen molar-refractivity contribution in [2.75, 3.05) is 19.0 Å². The van der Waals surface area contributed by atoms with Gasteiger partial charge < -0.3 is 15.5 Å². The molecule has 2 amide bonds. The van der Waals surface area contributed by atoms with Crippen molar-refractivity contribution in [2.45, 2.75) is 13.1 Å². The van der Waals surface area contributed by atoms with E-state index in [2.05, 4.69) is 15.6 Å². The minimum atomic E-state index is -0.560. The first-order valence-electron chi connectivity index (χ1n) is 7.03. The summed E-state index contributed by atoms with van der Waals surface area (Å²) in [4.78, 5) is 17.8. The van der Waals surface area contributed by atoms with Crippen LogP contribution in [0, 0.1) is 11.6 Å². The predicted octanol–water partition coefficient (Wildman–Crippen LogP) is 2.43. The topological polar surface area (TPSA) is 57.3 Å². The fraction of sp³-hybridized carbons (Fsp3) is 0.250. The van der Waals surface area contributed by atoms with E-state index in [1.165, 1.54) is 0 Å². The van der Waals surface area contributed by atoms with Gasteiger partial charge in [0.1, 0.15) is 17.5 Å². The molecule has 0 aliphatic carbocycles. The summed E-state index contributed by atoms with van der Waals surface area (Å²) in [7, 11) is 3.78. The van der Waals surface area contributed by atoms with Gasteiger partial charge >= 0.3 is 6.03 Å². The number of aromatic nitrogens is 1. The summed E-state index contributed by atoms with van der Waals surface area (Å²) in [5, 5.41) is 5.11. The molecule has 0 fully saturated rings. The lowest BCUT2D eigenvalue weighted by Gasteiger charge is -2.12. The fourth-order valence-electron chi connectivity index (χ4n) is 1.88. The van der Waals surface area contributed by atoms with Crippen LogP contribution >= 0.6 is 0 Å². The third-order valence-corrected chi connectivity index (χ3v) is 3.17. The second-order valence-corrected chi connectivity index (χ2v) is 5.19. The summed E-state index contributed by atoms with van der Waals surface area (Å²) in [6.07, 6.45) is 1.67. The van der Waals surface area contributed by atoms with E-state index < -0.39 is 17.7 Å². The van der Waals surface area contributed by atoms with E-state index >= 15 is 0 Å². The number of nitrogens with zero attached hydrogens (tertiary/aromatic N) is 2. The Morgan fingerprint density at radius 1 is 1.13 bits per heavy atom. The second-order valence-electron chi connectivity index (χ2n) is 5.19. The van der Waals surface area contributed by atoms with E-state index in [0.717, 1.165) is 29.6 Å². The molecule has 1 aromatic carbocycles. The molecular formula is C16H18F2N4O. The third kappa shape index (κ3) is 4.91. The van der Waals surface area contributed by atoms with Gasteiger partial charge in [-0.25, -0.2) is 18.6 Å². The van der Waals surface area contributed by atoms with Crippen molar-refractivity contribution < 1.29 is 13.6 Å². The Morgan fingerprint density at radius 3 is 2.52 bits per heavy atom. The number of halogens is 2. The number of carbonyl (C=O) groups is 1. The number of hydrogen-bond acceptors (Lipinski definition) is 3. The first kappa shape index (κ1) is 16.7. The number of hydrogen-bond donors (Lipinski definition) is 2. The van der Waals surface area contributed by atoms with E-state index in [0.29, 0.717) is 0 Å². The molecule has 122 valence electrons. The quantitative estimate of drug-likeness (QED) is 0.889. The van der Waals surface area contributed by atoms with Crippen molar-refractivity contribution in [2.24, 2.45) is 0 Å². The number of anilines is 1. The molecule has 0 aliphatic rings. The smallest absolute Gasteiger partial charge is 0.315 e. The summed E-state index contributed by atoms with van der Waals surface area (Å²) in [6, 6.07) is 6.35. The lowest BCUT2D eigenvalue weighted by molar-refractivity contribution is 0.240. The van der Waals surface area contributed by atoms with Crippen LogP contribution in [0.5, 0.6) is 0 Å². The van der Waals surface area contributed by atoms with Gasteiger partial charge in [-0.1, -0.05) is 6.07 Å². The van der Waals surface area contributed by atoms with Gasteiger partial charge in [0.05, 0.1) is 0 Å². The molecule has 7 heteroatoms. The minimum absolute atomic E-state index is 0.0900. The van der Waals surface area contributed by atoms with Crippen LogP contribution in [-0.2, 0) is 13.1 Å². The molecule has 0 aliphatic heterocycles. The Balaban J connectivity index is 1.82. The summed E-state index contributed by atoms with van der Waals surface area (Å²) < 4.78 is 26.4. The highest BCUT2D eigenvalue weighted by Crippen LogP contribution is 2.09. The molecule has 2 rings (SSSR count). The Labute approximate surface area is 133 Å². The number of benzene rings is 1. The summed E-state index contributed by atoms with van der Waals surface area (Å²) in [5.41, 5.74) is 0.930. The maximum Gasteiger partial charge on any atom is 0.315 e. The molecule has 0 atom stereocenters. The number of pyridine rings is 1. The van der Waals surface area contributed by atoms with Crippen LogP contribution in [-0.4, -0.2) is 25.1 Å². The first-order valence-corrected chi connectivity index (χ1v) is 7.03. The highest BCUT2D eigenvalue weighted by atomic mass is 19.1. The van der Waals surface area contributed by atoms with E-state index in [9.17, 15) is 13.6 Å². The third-order valence-electron chi connectivity index (χ3n) is 3.17. The van der Waals surface area contributed by atoms with Crippen molar-refractivity contribution in [3.63, 3.8) is 0 Å². The molecule has 0 bridgehead atoms. The van der Waals surface area contributed by atoms with Crippen LogP contribution < -0.4 is 15.5 Å². The zero-order chi connectivity index (χ0) is 16.8. The van der Waals surface area contributed by atoms with Crippen LogP contribution in [0.15, 0.2) is 36.5 Å². The first-order chi connectivity index (χ1) is 11.0. The second kappa shape index (κ2) is 7.53. The number of rotatable bonds is 5. The van der Waals surface area contributed by atoms with Crippen LogP contribution in [0.3, 0.4) is 0 Å². The van der Waals surface area contributed by atoms with Gasteiger partial charge in [0, 0.05) is 38.9 Å². The molecule has 23 heavy (non-hydrogen) atoms. The van der Waals surface area contributed by atoms with Crippen LogP contribution in [0.1, 0.15) is 11.1 Å². The van der Waals surface area contributed by atoms with E-state index in [1.54, 1.807) is 6.20 Å². The summed E-state index contributed by atoms with van der Waals surface area (Å²) in [6.45, 7) is 0.200. The van der Waals surface area contributed by atoms with Crippen molar-refractivity contribution >= 4 is 11.8 Å². The molecule has 0 radical (unpaired) electrons. The SMILES string of the molecule is CN(C)c1ccc(CNC(=O)NCc2cc(F)ccc2F)cn1. The molecular weight excluding hydrogens is 302 g/mol. The van der Waals surface area contributed by atoms with Gasteiger partial charge in [0.2, 0.25) is 0 Å². The average molecular weight is 320 g/mol. The molecule has 0 spiro atoms. The molecule has 0 saturated heterocycles. The molecule has 5 nitrogen and oxygen atoms in total. The maximum absolute atomic E-state index is 13.4. The molecule has 1 aromatic heterocycles. The van der Waals surface area contributed by atoms with Gasteiger partial charge in [-0.3, -0.25) is 0 Å². The van der Waals surface area contributed by atoms with Gasteiger partial charge in [0.25, 0.3) is 0 Å². The molecule has 2 aromatic rings. The number of urea groups is 1. The van der Waals surface area contributed by atoms with Crippen LogP contribution in [0.25, 0.3) is 0 Å². The van der Waals surface area contributed by atoms with E-state index in [1.807, 2.05) is 31.1 Å². The molecule has 0 unspecified atom stereocenters. The van der Waals surface area contributed by atoms with Gasteiger partial charge in [0.15, 0.2) is 0 Å². The normalized spacial score (nSPS) is 10.3.